The van der Waals surface area contributed by atoms with Crippen molar-refractivity contribution in [2.24, 2.45) is 4.36 Å². The lowest BCUT2D eigenvalue weighted by Crippen LogP contribution is -2.30. The Balaban J connectivity index is 1.45. The van der Waals surface area contributed by atoms with Gasteiger partial charge in [0, 0.05) is 53.6 Å². The van der Waals surface area contributed by atoms with Crippen LogP contribution >= 0.6 is 0 Å². The molecule has 4 heterocycles. The Morgan fingerprint density at radius 3 is 2.86 bits per heavy atom. The predicted octanol–water partition coefficient (Wildman–Crippen LogP) is 3.12. The van der Waals surface area contributed by atoms with Crippen molar-refractivity contribution in [1.82, 2.24) is 30.7 Å². The molecule has 2 aromatic heterocycles. The molecule has 3 aromatic rings. The molecule has 5 rings (SSSR count). The summed E-state index contributed by atoms with van der Waals surface area (Å²) < 4.78 is 16.2. The number of likely N-dealkylation sites (N-methyl/N-ethyl adjacent to an activating group) is 1. The van der Waals surface area contributed by atoms with E-state index in [0.29, 0.717) is 23.4 Å². The third-order valence-electron chi connectivity index (χ3n) is 6.23. The normalized spacial score (nSPS) is 17.6. The van der Waals surface area contributed by atoms with E-state index in [2.05, 4.69) is 70.9 Å². The summed E-state index contributed by atoms with van der Waals surface area (Å²) in [6, 6.07) is 11.9. The average Bonchev–Trinajstić information content (AvgIpc) is 3.38. The van der Waals surface area contributed by atoms with E-state index in [-0.39, 0.29) is 11.6 Å². The molecule has 0 amide bonds. The molecule has 0 bridgehead atoms. The van der Waals surface area contributed by atoms with Gasteiger partial charge in [0.2, 0.25) is 5.95 Å². The third-order valence-corrected chi connectivity index (χ3v) is 6.86. The molecule has 2 aliphatic heterocycles. The first kappa shape index (κ1) is 25.0. The summed E-state index contributed by atoms with van der Waals surface area (Å²) in [5.74, 6) is 1.45. The highest BCUT2D eigenvalue weighted by molar-refractivity contribution is 7.92. The Morgan fingerprint density at radius 1 is 1.24 bits per heavy atom. The number of benzene rings is 1. The van der Waals surface area contributed by atoms with Crippen LogP contribution in [0.25, 0.3) is 0 Å². The quantitative estimate of drug-likeness (QED) is 0.384. The predicted molar refractivity (Wildman–Crippen MR) is 145 cm³/mol. The van der Waals surface area contributed by atoms with E-state index >= 15 is 0 Å². The molecule has 11 nitrogen and oxygen atoms in total. The minimum absolute atomic E-state index is 0.253. The van der Waals surface area contributed by atoms with Crippen molar-refractivity contribution >= 4 is 38.8 Å². The number of hydrazine groups is 1. The fraction of sp³-hybridized carbons (Fsp3) is 0.360. The van der Waals surface area contributed by atoms with E-state index in [1.807, 2.05) is 0 Å². The third kappa shape index (κ3) is 6.03. The van der Waals surface area contributed by atoms with Gasteiger partial charge in [0.05, 0.1) is 6.20 Å². The van der Waals surface area contributed by atoms with Gasteiger partial charge in [0.25, 0.3) is 0 Å². The maximum Gasteiger partial charge on any atom is 0.229 e. The van der Waals surface area contributed by atoms with Crippen molar-refractivity contribution < 1.29 is 4.21 Å². The van der Waals surface area contributed by atoms with Crippen LogP contribution in [0.5, 0.6) is 0 Å². The van der Waals surface area contributed by atoms with E-state index in [0.717, 1.165) is 38.2 Å². The second-order valence-electron chi connectivity index (χ2n) is 9.57. The first-order valence-electron chi connectivity index (χ1n) is 12.1. The van der Waals surface area contributed by atoms with Crippen molar-refractivity contribution in [1.29, 1.82) is 5.26 Å². The maximum atomic E-state index is 12.1. The first-order valence-corrected chi connectivity index (χ1v) is 14.4. The van der Waals surface area contributed by atoms with Gasteiger partial charge < -0.3 is 15.5 Å². The van der Waals surface area contributed by atoms with Crippen LogP contribution in [0.15, 0.2) is 40.9 Å². The molecule has 1 saturated heterocycles. The molecule has 1 atom stereocenters. The molecule has 0 aliphatic carbocycles. The second kappa shape index (κ2) is 10.4. The number of aromatic nitrogens is 3. The molecule has 1 unspecified atom stereocenters. The summed E-state index contributed by atoms with van der Waals surface area (Å²) in [6.45, 7) is 2.85. The van der Waals surface area contributed by atoms with Gasteiger partial charge >= 0.3 is 0 Å². The van der Waals surface area contributed by atoms with Gasteiger partial charge in [0.15, 0.2) is 11.6 Å². The van der Waals surface area contributed by atoms with Gasteiger partial charge in [0.1, 0.15) is 17.5 Å². The Bertz CT molecular complexity index is 1480. The summed E-state index contributed by atoms with van der Waals surface area (Å²) in [7, 11) is -0.221. The summed E-state index contributed by atoms with van der Waals surface area (Å²) in [6.07, 6.45) is 6.62. The zero-order valence-corrected chi connectivity index (χ0v) is 21.9. The molecule has 37 heavy (non-hydrogen) atoms. The van der Waals surface area contributed by atoms with Crippen LogP contribution in [-0.2, 0) is 22.7 Å². The molecule has 1 aromatic carbocycles. The zero-order chi connectivity index (χ0) is 26.0. The van der Waals surface area contributed by atoms with Crippen LogP contribution in [0.2, 0.25) is 0 Å². The van der Waals surface area contributed by atoms with Crippen molar-refractivity contribution in [3.05, 3.63) is 58.8 Å². The lowest BCUT2D eigenvalue weighted by atomic mass is 9.89. The molecule has 0 spiro atoms. The summed E-state index contributed by atoms with van der Waals surface area (Å²) >= 11 is 0. The lowest BCUT2D eigenvalue weighted by Gasteiger charge is -2.29. The van der Waals surface area contributed by atoms with Crippen LogP contribution in [0, 0.1) is 11.3 Å². The van der Waals surface area contributed by atoms with E-state index in [1.54, 1.807) is 30.7 Å². The molecule has 0 radical (unpaired) electrons. The number of pyridine rings is 1. The van der Waals surface area contributed by atoms with Crippen LogP contribution in [0.3, 0.4) is 0 Å². The fourth-order valence-electron chi connectivity index (χ4n) is 4.61. The van der Waals surface area contributed by atoms with Gasteiger partial charge in [-0.1, -0.05) is 6.07 Å². The summed E-state index contributed by atoms with van der Waals surface area (Å²) in [5.41, 5.74) is 11.8. The number of fused-ring (bicyclic) bond motifs is 1. The Hall–Kier alpha value is -3.63. The van der Waals surface area contributed by atoms with Crippen molar-refractivity contribution in [3.8, 4) is 6.07 Å². The largest absolute Gasteiger partial charge is 0.324 e. The SMILES string of the molecule is CN1CCc2c(cc(Nc3ncc(C#N)c(Nc4cccc(N=S(C)(C)=O)n4)n3)cc2C2CCNN2)C1. The Labute approximate surface area is 216 Å². The van der Waals surface area contributed by atoms with Crippen LogP contribution in [-0.4, -0.2) is 56.7 Å². The van der Waals surface area contributed by atoms with E-state index < -0.39 is 9.73 Å². The number of nitrogens with one attached hydrogen (secondary N) is 4. The minimum Gasteiger partial charge on any atom is -0.324 e. The van der Waals surface area contributed by atoms with Gasteiger partial charge in [-0.15, -0.1) is 0 Å². The number of hydrogen-bond donors (Lipinski definition) is 4. The van der Waals surface area contributed by atoms with Crippen LogP contribution in [0.4, 0.5) is 29.1 Å². The first-order chi connectivity index (χ1) is 17.8. The smallest absolute Gasteiger partial charge is 0.229 e. The summed E-state index contributed by atoms with van der Waals surface area (Å²) in [4.78, 5) is 15.6. The second-order valence-corrected chi connectivity index (χ2v) is 12.1. The maximum absolute atomic E-state index is 12.1. The van der Waals surface area contributed by atoms with E-state index in [4.69, 9.17) is 0 Å². The molecule has 0 saturated carbocycles. The Morgan fingerprint density at radius 2 is 2.11 bits per heavy atom. The standard InChI is InChI=1S/C25H30N10OS/c1-35-10-8-19-16(15-35)11-18(12-20(19)21-7-9-28-33-21)29-25-27-14-17(13-26)24(32-25)31-22-5-4-6-23(30-22)34-37(2,3)36/h4-6,11-12,14,21,28,33H,7-10,15H2,1-3H3,(H2,27,29,30,31,32). The summed E-state index contributed by atoms with van der Waals surface area (Å²) in [5, 5.41) is 16.0. The molecule has 2 aliphatic rings. The molecular formula is C25H30N10OS. The van der Waals surface area contributed by atoms with Crippen molar-refractivity contribution in [2.75, 3.05) is 43.3 Å². The fourth-order valence-corrected chi connectivity index (χ4v) is 5.17. The number of anilines is 4. The number of nitrogens with zero attached hydrogens (tertiary/aromatic N) is 6. The molecule has 192 valence electrons. The van der Waals surface area contributed by atoms with E-state index in [9.17, 15) is 9.47 Å². The molecular weight excluding hydrogens is 488 g/mol. The highest BCUT2D eigenvalue weighted by Gasteiger charge is 2.25. The zero-order valence-electron chi connectivity index (χ0n) is 21.1. The number of hydrogen-bond acceptors (Lipinski definition) is 11. The molecule has 12 heteroatoms. The average molecular weight is 519 g/mol. The number of nitriles is 1. The highest BCUT2D eigenvalue weighted by atomic mass is 32.2. The van der Waals surface area contributed by atoms with Crippen molar-refractivity contribution in [3.63, 3.8) is 0 Å². The minimum atomic E-state index is -2.36. The van der Waals surface area contributed by atoms with E-state index in [1.165, 1.54) is 22.9 Å². The Kier molecular flexibility index (Phi) is 7.03. The van der Waals surface area contributed by atoms with Gasteiger partial charge in [-0.2, -0.15) is 14.6 Å². The van der Waals surface area contributed by atoms with Crippen molar-refractivity contribution in [2.45, 2.75) is 25.4 Å². The highest BCUT2D eigenvalue weighted by Crippen LogP contribution is 2.33. The topological polar surface area (TPSA) is 143 Å². The van der Waals surface area contributed by atoms with Crippen LogP contribution in [0.1, 0.15) is 34.7 Å². The monoisotopic (exact) mass is 518 g/mol. The van der Waals surface area contributed by atoms with Gasteiger partial charge in [-0.3, -0.25) is 10.9 Å². The van der Waals surface area contributed by atoms with Gasteiger partial charge in [-0.25, -0.2) is 14.2 Å². The molecule has 4 N–H and O–H groups in total. The van der Waals surface area contributed by atoms with Gasteiger partial charge in [-0.05, 0) is 60.8 Å². The molecule has 1 fully saturated rings. The van der Waals surface area contributed by atoms with Crippen LogP contribution < -0.4 is 21.5 Å². The lowest BCUT2D eigenvalue weighted by molar-refractivity contribution is 0.311. The number of rotatable bonds is 6.